The summed E-state index contributed by atoms with van der Waals surface area (Å²) in [5, 5.41) is 14.5. The third-order valence-corrected chi connectivity index (χ3v) is 6.30. The molecule has 9 nitrogen and oxygen atoms in total. The Morgan fingerprint density at radius 1 is 1.03 bits per heavy atom. The molecule has 0 aromatic heterocycles. The summed E-state index contributed by atoms with van der Waals surface area (Å²) in [6.07, 6.45) is 0.263. The molecule has 1 atom stereocenters. The number of nitro benzene ring substituents is 1. The van der Waals surface area contributed by atoms with Crippen LogP contribution < -0.4 is 14.8 Å². The Morgan fingerprint density at radius 3 is 2.38 bits per heavy atom. The predicted octanol–water partition coefficient (Wildman–Crippen LogP) is 4.68. The summed E-state index contributed by atoms with van der Waals surface area (Å²) < 4.78 is 10.7. The highest BCUT2D eigenvalue weighted by molar-refractivity contribution is 6.42. The van der Waals surface area contributed by atoms with Gasteiger partial charge in [-0.1, -0.05) is 59.6 Å². The van der Waals surface area contributed by atoms with Gasteiger partial charge in [-0.15, -0.1) is 0 Å². The van der Waals surface area contributed by atoms with Crippen molar-refractivity contribution in [3.63, 3.8) is 0 Å². The van der Waals surface area contributed by atoms with Crippen molar-refractivity contribution in [2.45, 2.75) is 19.0 Å². The topological polar surface area (TPSA) is 111 Å². The number of carbonyl (C=O) groups excluding carboxylic acids is 2. The van der Waals surface area contributed by atoms with Crippen molar-refractivity contribution in [3.8, 4) is 11.5 Å². The number of methoxy groups -OCH3 is 1. The molecule has 2 amide bonds. The summed E-state index contributed by atoms with van der Waals surface area (Å²) in [5.74, 6) is -0.637. The Hall–Kier alpha value is -3.82. The SMILES string of the molecule is CNC(=O)[C@@H](Cc1ccccc1)N(Cc1ccc(Cl)c(Cl)c1)C(=O)COc1ccc([N+](=O)[O-])c(OC)c1. The van der Waals surface area contributed by atoms with Crippen LogP contribution in [0.3, 0.4) is 0 Å². The van der Waals surface area contributed by atoms with Crippen LogP contribution in [0.2, 0.25) is 10.0 Å². The van der Waals surface area contributed by atoms with Gasteiger partial charge in [0.05, 0.1) is 22.1 Å². The van der Waals surface area contributed by atoms with Crippen molar-refractivity contribution < 1.29 is 24.0 Å². The first-order valence-electron chi connectivity index (χ1n) is 11.2. The van der Waals surface area contributed by atoms with Gasteiger partial charge in [-0.3, -0.25) is 19.7 Å². The number of ether oxygens (including phenoxy) is 2. The van der Waals surface area contributed by atoms with Crippen LogP contribution in [0.1, 0.15) is 11.1 Å². The molecule has 0 radical (unpaired) electrons. The highest BCUT2D eigenvalue weighted by atomic mass is 35.5. The van der Waals surface area contributed by atoms with E-state index in [9.17, 15) is 19.7 Å². The van der Waals surface area contributed by atoms with E-state index in [1.165, 1.54) is 37.3 Å². The second-order valence-electron chi connectivity index (χ2n) is 7.97. The largest absolute Gasteiger partial charge is 0.490 e. The Kier molecular flexibility index (Phi) is 9.71. The molecule has 0 saturated heterocycles. The average molecular weight is 546 g/mol. The van der Waals surface area contributed by atoms with E-state index in [4.69, 9.17) is 32.7 Å². The summed E-state index contributed by atoms with van der Waals surface area (Å²) in [4.78, 5) is 38.4. The molecule has 0 aliphatic heterocycles. The highest BCUT2D eigenvalue weighted by Gasteiger charge is 2.30. The smallest absolute Gasteiger partial charge is 0.311 e. The lowest BCUT2D eigenvalue weighted by Gasteiger charge is -2.31. The standard InChI is InChI=1S/C26H25Cl2N3O6/c1-29-26(33)23(13-17-6-4-3-5-7-17)30(15-18-8-10-20(27)21(28)12-18)25(32)16-37-19-9-11-22(31(34)35)24(14-19)36-2/h3-12,14,23H,13,15-16H2,1-2H3,(H,29,33)/t23-/m1/s1. The Balaban J connectivity index is 1.90. The number of hydrogen-bond acceptors (Lipinski definition) is 6. The van der Waals surface area contributed by atoms with Crippen molar-refractivity contribution in [1.29, 1.82) is 0 Å². The molecule has 0 aliphatic rings. The van der Waals surface area contributed by atoms with Crippen LogP contribution in [0.25, 0.3) is 0 Å². The number of nitro groups is 1. The molecule has 37 heavy (non-hydrogen) atoms. The van der Waals surface area contributed by atoms with Crippen molar-refractivity contribution >= 4 is 40.7 Å². The maximum absolute atomic E-state index is 13.5. The molecule has 0 fully saturated rings. The fourth-order valence-electron chi connectivity index (χ4n) is 3.68. The second kappa shape index (κ2) is 12.9. The Bertz CT molecular complexity index is 1270. The van der Waals surface area contributed by atoms with E-state index in [0.29, 0.717) is 15.6 Å². The second-order valence-corrected chi connectivity index (χ2v) is 8.78. The van der Waals surface area contributed by atoms with Gasteiger partial charge in [0, 0.05) is 32.1 Å². The third-order valence-electron chi connectivity index (χ3n) is 5.56. The summed E-state index contributed by atoms with van der Waals surface area (Å²) in [5.41, 5.74) is 1.30. The number of carbonyl (C=O) groups is 2. The number of nitrogens with zero attached hydrogens (tertiary/aromatic N) is 2. The Labute approximate surface area is 224 Å². The zero-order valence-corrected chi connectivity index (χ0v) is 21.7. The number of rotatable bonds is 11. The molecular formula is C26H25Cl2N3O6. The molecule has 0 heterocycles. The highest BCUT2D eigenvalue weighted by Crippen LogP contribution is 2.31. The van der Waals surface area contributed by atoms with Crippen LogP contribution >= 0.6 is 23.2 Å². The molecule has 11 heteroatoms. The lowest BCUT2D eigenvalue weighted by Crippen LogP contribution is -2.51. The summed E-state index contributed by atoms with van der Waals surface area (Å²) in [7, 11) is 2.80. The molecule has 1 N–H and O–H groups in total. The maximum atomic E-state index is 13.5. The summed E-state index contributed by atoms with van der Waals surface area (Å²) in [6.45, 7) is -0.363. The molecule has 0 unspecified atom stereocenters. The fraction of sp³-hybridized carbons (Fsp3) is 0.231. The predicted molar refractivity (Wildman–Crippen MR) is 140 cm³/mol. The number of amides is 2. The van der Waals surface area contributed by atoms with Crippen LogP contribution in [0.5, 0.6) is 11.5 Å². The van der Waals surface area contributed by atoms with Crippen molar-refractivity contribution in [3.05, 3.63) is 98.0 Å². The van der Waals surface area contributed by atoms with Gasteiger partial charge in [-0.25, -0.2) is 0 Å². The van der Waals surface area contributed by atoms with Crippen LogP contribution in [0, 0.1) is 10.1 Å². The van der Waals surface area contributed by atoms with Crippen LogP contribution in [-0.4, -0.2) is 48.4 Å². The van der Waals surface area contributed by atoms with Crippen molar-refractivity contribution in [2.24, 2.45) is 0 Å². The molecule has 0 aliphatic carbocycles. The first-order valence-corrected chi connectivity index (χ1v) is 11.9. The number of benzene rings is 3. The van der Waals surface area contributed by atoms with Gasteiger partial charge >= 0.3 is 5.69 Å². The van der Waals surface area contributed by atoms with Crippen molar-refractivity contribution in [2.75, 3.05) is 20.8 Å². The minimum atomic E-state index is -0.857. The quantitative estimate of drug-likeness (QED) is 0.276. The molecule has 3 rings (SSSR count). The van der Waals surface area contributed by atoms with Gasteiger partial charge < -0.3 is 19.7 Å². The average Bonchev–Trinajstić information content (AvgIpc) is 2.91. The van der Waals surface area contributed by atoms with Crippen LogP contribution in [0.15, 0.2) is 66.7 Å². The minimum Gasteiger partial charge on any atom is -0.490 e. The van der Waals surface area contributed by atoms with Gasteiger partial charge in [-0.05, 0) is 29.3 Å². The lowest BCUT2D eigenvalue weighted by molar-refractivity contribution is -0.385. The van der Waals surface area contributed by atoms with Gasteiger partial charge in [0.1, 0.15) is 11.8 Å². The fourth-order valence-corrected chi connectivity index (χ4v) is 4.00. The zero-order chi connectivity index (χ0) is 26.9. The van der Waals surface area contributed by atoms with E-state index in [1.54, 1.807) is 18.2 Å². The monoisotopic (exact) mass is 545 g/mol. The third kappa shape index (κ3) is 7.34. The number of nitrogens with one attached hydrogen (secondary N) is 1. The van der Waals surface area contributed by atoms with Gasteiger partial charge in [-0.2, -0.15) is 0 Å². The molecule has 3 aromatic rings. The molecule has 0 saturated carbocycles. The molecule has 0 spiro atoms. The summed E-state index contributed by atoms with van der Waals surface area (Å²) in [6, 6.07) is 17.4. The van der Waals surface area contributed by atoms with Crippen molar-refractivity contribution in [1.82, 2.24) is 10.2 Å². The minimum absolute atomic E-state index is 0.00470. The normalized spacial score (nSPS) is 11.4. The van der Waals surface area contributed by atoms with E-state index in [2.05, 4.69) is 5.32 Å². The molecular weight excluding hydrogens is 521 g/mol. The van der Waals surface area contributed by atoms with E-state index in [1.807, 2.05) is 30.3 Å². The Morgan fingerprint density at radius 2 is 1.76 bits per heavy atom. The van der Waals surface area contributed by atoms with Crippen LogP contribution in [0.4, 0.5) is 5.69 Å². The first kappa shape index (κ1) is 27.8. The first-order chi connectivity index (χ1) is 17.7. The number of halogens is 2. The maximum Gasteiger partial charge on any atom is 0.311 e. The molecule has 0 bridgehead atoms. The number of hydrogen-bond donors (Lipinski definition) is 1. The van der Waals surface area contributed by atoms with E-state index < -0.39 is 23.5 Å². The van der Waals surface area contributed by atoms with E-state index >= 15 is 0 Å². The van der Waals surface area contributed by atoms with Gasteiger partial charge in [0.2, 0.25) is 11.7 Å². The van der Waals surface area contributed by atoms with Gasteiger partial charge in [0.25, 0.3) is 5.91 Å². The van der Waals surface area contributed by atoms with E-state index in [0.717, 1.165) is 5.56 Å². The molecule has 194 valence electrons. The van der Waals surface area contributed by atoms with Crippen LogP contribution in [-0.2, 0) is 22.6 Å². The zero-order valence-electron chi connectivity index (χ0n) is 20.1. The number of likely N-dealkylation sites (N-methyl/N-ethyl adjacent to an activating group) is 1. The lowest BCUT2D eigenvalue weighted by atomic mass is 10.0. The molecule has 3 aromatic carbocycles. The summed E-state index contributed by atoms with van der Waals surface area (Å²) >= 11 is 12.2. The van der Waals surface area contributed by atoms with Gasteiger partial charge in [0.15, 0.2) is 6.61 Å². The van der Waals surface area contributed by atoms with E-state index in [-0.39, 0.29) is 36.1 Å².